The van der Waals surface area contributed by atoms with Gasteiger partial charge in [0.25, 0.3) is 6.01 Å². The van der Waals surface area contributed by atoms with Crippen LogP contribution in [0.25, 0.3) is 10.9 Å². The van der Waals surface area contributed by atoms with Crippen LogP contribution in [0.1, 0.15) is 18.5 Å². The van der Waals surface area contributed by atoms with Gasteiger partial charge in [-0.15, -0.1) is 0 Å². The Bertz CT molecular complexity index is 781. The fraction of sp³-hybridized carbons (Fsp3) is 0.125. The summed E-state index contributed by atoms with van der Waals surface area (Å²) < 4.78 is 5.20. The van der Waals surface area contributed by atoms with Gasteiger partial charge in [0.15, 0.2) is 0 Å². The number of nitrogens with one attached hydrogen (secondary N) is 1. The standard InChI is InChI=1S/C16H14N2O2/c1-11(12-7-3-2-4-8-12)17-16-18-14-10-6-5-9-13(14)15(19)20-16/h2-11H,1H3,(H,17,18)/t11-/m0/s1. The largest absolute Gasteiger partial charge is 0.389 e. The van der Waals surface area contributed by atoms with Crippen molar-refractivity contribution in [3.05, 3.63) is 70.6 Å². The van der Waals surface area contributed by atoms with Crippen molar-refractivity contribution < 1.29 is 4.42 Å². The minimum atomic E-state index is -0.377. The Morgan fingerprint density at radius 2 is 1.75 bits per heavy atom. The molecule has 3 aromatic rings. The fourth-order valence-electron chi connectivity index (χ4n) is 2.09. The van der Waals surface area contributed by atoms with Crippen molar-refractivity contribution >= 4 is 16.9 Å². The van der Waals surface area contributed by atoms with E-state index in [4.69, 9.17) is 4.42 Å². The highest BCUT2D eigenvalue weighted by Crippen LogP contribution is 2.18. The summed E-state index contributed by atoms with van der Waals surface area (Å²) in [6, 6.07) is 17.3. The molecule has 4 heteroatoms. The van der Waals surface area contributed by atoms with E-state index in [1.807, 2.05) is 43.3 Å². The van der Waals surface area contributed by atoms with E-state index in [1.54, 1.807) is 18.2 Å². The Morgan fingerprint density at radius 1 is 1.05 bits per heavy atom. The van der Waals surface area contributed by atoms with Crippen LogP contribution in [0.15, 0.2) is 63.8 Å². The van der Waals surface area contributed by atoms with Gasteiger partial charge in [0.1, 0.15) is 0 Å². The number of para-hydroxylation sites is 1. The zero-order chi connectivity index (χ0) is 13.9. The van der Waals surface area contributed by atoms with Crippen LogP contribution in [-0.4, -0.2) is 4.98 Å². The molecule has 0 fully saturated rings. The van der Waals surface area contributed by atoms with Gasteiger partial charge in [-0.25, -0.2) is 4.79 Å². The average Bonchev–Trinajstić information content (AvgIpc) is 2.48. The normalized spacial score (nSPS) is 12.2. The summed E-state index contributed by atoms with van der Waals surface area (Å²) in [5.74, 6) is 0. The zero-order valence-corrected chi connectivity index (χ0v) is 11.0. The number of benzene rings is 2. The molecule has 1 heterocycles. The third kappa shape index (κ3) is 2.40. The zero-order valence-electron chi connectivity index (χ0n) is 11.0. The lowest BCUT2D eigenvalue weighted by molar-refractivity contribution is 0.510. The number of hydrogen-bond acceptors (Lipinski definition) is 4. The van der Waals surface area contributed by atoms with Gasteiger partial charge in [-0.2, -0.15) is 4.98 Å². The Morgan fingerprint density at radius 3 is 2.55 bits per heavy atom. The first kappa shape index (κ1) is 12.4. The molecule has 1 atom stereocenters. The van der Waals surface area contributed by atoms with Crippen molar-refractivity contribution in [3.8, 4) is 0 Å². The molecule has 0 aliphatic rings. The molecule has 0 radical (unpaired) electrons. The first-order valence-electron chi connectivity index (χ1n) is 6.45. The molecule has 3 rings (SSSR count). The van der Waals surface area contributed by atoms with Crippen LogP contribution in [0, 0.1) is 0 Å². The maximum Gasteiger partial charge on any atom is 0.348 e. The summed E-state index contributed by atoms with van der Waals surface area (Å²) in [5, 5.41) is 3.60. The Balaban J connectivity index is 1.93. The summed E-state index contributed by atoms with van der Waals surface area (Å²) in [4.78, 5) is 16.2. The molecule has 0 saturated carbocycles. The molecular weight excluding hydrogens is 252 g/mol. The lowest BCUT2D eigenvalue weighted by atomic mass is 10.1. The highest BCUT2D eigenvalue weighted by molar-refractivity contribution is 5.77. The van der Waals surface area contributed by atoms with Crippen molar-refractivity contribution in [2.24, 2.45) is 0 Å². The van der Waals surface area contributed by atoms with E-state index in [0.717, 1.165) is 5.56 Å². The van der Waals surface area contributed by atoms with E-state index in [9.17, 15) is 4.79 Å². The summed E-state index contributed by atoms with van der Waals surface area (Å²) in [5.41, 5.74) is 1.36. The predicted molar refractivity (Wildman–Crippen MR) is 78.8 cm³/mol. The minimum Gasteiger partial charge on any atom is -0.389 e. The first-order valence-corrected chi connectivity index (χ1v) is 6.45. The van der Waals surface area contributed by atoms with Gasteiger partial charge < -0.3 is 9.73 Å². The quantitative estimate of drug-likeness (QED) is 0.789. The van der Waals surface area contributed by atoms with Crippen LogP contribution < -0.4 is 10.9 Å². The van der Waals surface area contributed by atoms with Gasteiger partial charge in [-0.1, -0.05) is 42.5 Å². The monoisotopic (exact) mass is 266 g/mol. The number of nitrogens with zero attached hydrogens (tertiary/aromatic N) is 1. The molecule has 0 unspecified atom stereocenters. The van der Waals surface area contributed by atoms with Gasteiger partial charge in [-0.3, -0.25) is 0 Å². The smallest absolute Gasteiger partial charge is 0.348 e. The summed E-state index contributed by atoms with van der Waals surface area (Å²) >= 11 is 0. The van der Waals surface area contributed by atoms with Crippen molar-refractivity contribution in [1.29, 1.82) is 0 Å². The molecule has 2 aromatic carbocycles. The SMILES string of the molecule is C[C@H](Nc1nc2ccccc2c(=O)o1)c1ccccc1. The van der Waals surface area contributed by atoms with E-state index in [2.05, 4.69) is 10.3 Å². The van der Waals surface area contributed by atoms with E-state index in [1.165, 1.54) is 0 Å². The lowest BCUT2D eigenvalue weighted by Crippen LogP contribution is -2.11. The lowest BCUT2D eigenvalue weighted by Gasteiger charge is -2.13. The maximum absolute atomic E-state index is 11.9. The molecule has 0 amide bonds. The molecule has 0 aliphatic heterocycles. The Kier molecular flexibility index (Phi) is 3.21. The third-order valence-electron chi connectivity index (χ3n) is 3.17. The van der Waals surface area contributed by atoms with Crippen molar-refractivity contribution in [2.75, 3.05) is 5.32 Å². The van der Waals surface area contributed by atoms with Crippen LogP contribution in [0.4, 0.5) is 6.01 Å². The van der Waals surface area contributed by atoms with Crippen molar-refractivity contribution in [1.82, 2.24) is 4.98 Å². The second-order valence-corrected chi connectivity index (χ2v) is 4.60. The molecule has 20 heavy (non-hydrogen) atoms. The average molecular weight is 266 g/mol. The van der Waals surface area contributed by atoms with Gasteiger partial charge in [0, 0.05) is 0 Å². The highest BCUT2D eigenvalue weighted by Gasteiger charge is 2.09. The van der Waals surface area contributed by atoms with Gasteiger partial charge >= 0.3 is 5.63 Å². The molecule has 0 spiro atoms. The molecule has 1 aromatic heterocycles. The Labute approximate surface area is 116 Å². The van der Waals surface area contributed by atoms with Crippen LogP contribution in [0.5, 0.6) is 0 Å². The molecule has 0 bridgehead atoms. The van der Waals surface area contributed by atoms with E-state index in [0.29, 0.717) is 10.9 Å². The molecular formula is C16H14N2O2. The molecule has 100 valence electrons. The van der Waals surface area contributed by atoms with Gasteiger partial charge in [-0.05, 0) is 24.6 Å². The summed E-state index contributed by atoms with van der Waals surface area (Å²) in [7, 11) is 0. The van der Waals surface area contributed by atoms with Gasteiger partial charge in [0.2, 0.25) is 0 Å². The molecule has 0 saturated heterocycles. The van der Waals surface area contributed by atoms with Gasteiger partial charge in [0.05, 0.1) is 16.9 Å². The number of hydrogen-bond donors (Lipinski definition) is 1. The van der Waals surface area contributed by atoms with E-state index in [-0.39, 0.29) is 17.7 Å². The summed E-state index contributed by atoms with van der Waals surface area (Å²) in [6.07, 6.45) is 0. The number of fused-ring (bicyclic) bond motifs is 1. The van der Waals surface area contributed by atoms with Crippen LogP contribution >= 0.6 is 0 Å². The Hall–Kier alpha value is -2.62. The molecule has 0 aliphatic carbocycles. The number of rotatable bonds is 3. The third-order valence-corrected chi connectivity index (χ3v) is 3.17. The minimum absolute atomic E-state index is 0.00742. The van der Waals surface area contributed by atoms with Crippen LogP contribution in [0.3, 0.4) is 0 Å². The second kappa shape index (κ2) is 5.17. The van der Waals surface area contributed by atoms with Crippen molar-refractivity contribution in [2.45, 2.75) is 13.0 Å². The maximum atomic E-state index is 11.9. The molecule has 1 N–H and O–H groups in total. The van der Waals surface area contributed by atoms with E-state index < -0.39 is 0 Å². The summed E-state index contributed by atoms with van der Waals surface area (Å²) in [6.45, 7) is 1.99. The van der Waals surface area contributed by atoms with Crippen LogP contribution in [-0.2, 0) is 0 Å². The number of anilines is 1. The first-order chi connectivity index (χ1) is 9.74. The van der Waals surface area contributed by atoms with E-state index >= 15 is 0 Å². The topological polar surface area (TPSA) is 55.1 Å². The highest BCUT2D eigenvalue weighted by atomic mass is 16.4. The molecule has 4 nitrogen and oxygen atoms in total. The predicted octanol–water partition coefficient (Wildman–Crippen LogP) is 3.36. The second-order valence-electron chi connectivity index (χ2n) is 4.60. The number of aromatic nitrogens is 1. The fourth-order valence-corrected chi connectivity index (χ4v) is 2.09. The van der Waals surface area contributed by atoms with Crippen LogP contribution in [0.2, 0.25) is 0 Å². The van der Waals surface area contributed by atoms with Crippen molar-refractivity contribution in [3.63, 3.8) is 0 Å².